The summed E-state index contributed by atoms with van der Waals surface area (Å²) in [6.07, 6.45) is 6.50. The molecule has 0 atom stereocenters. The highest BCUT2D eigenvalue weighted by Crippen LogP contribution is 2.25. The molecule has 10 nitrogen and oxygen atoms in total. The second kappa shape index (κ2) is 8.10. The van der Waals surface area contributed by atoms with Crippen molar-refractivity contribution in [3.05, 3.63) is 85.1 Å². The van der Waals surface area contributed by atoms with Gasteiger partial charge in [0.25, 0.3) is 5.91 Å². The lowest BCUT2D eigenvalue weighted by molar-refractivity contribution is 0.102. The predicted molar refractivity (Wildman–Crippen MR) is 129 cm³/mol. The van der Waals surface area contributed by atoms with Crippen molar-refractivity contribution in [3.63, 3.8) is 0 Å². The number of carbonyl (C=O) groups excluding carboxylic acids is 1. The van der Waals surface area contributed by atoms with Crippen LogP contribution in [0.25, 0.3) is 33.2 Å². The van der Waals surface area contributed by atoms with Crippen LogP contribution in [0.4, 0.5) is 17.2 Å². The van der Waals surface area contributed by atoms with Crippen LogP contribution in [0.5, 0.6) is 0 Å². The fourth-order valence-corrected chi connectivity index (χ4v) is 3.69. The zero-order valence-electron chi connectivity index (χ0n) is 17.6. The van der Waals surface area contributed by atoms with Crippen LogP contribution in [0.2, 0.25) is 0 Å². The molecule has 6 aromatic rings. The van der Waals surface area contributed by atoms with Crippen LogP contribution in [-0.4, -0.2) is 41.3 Å². The highest BCUT2D eigenvalue weighted by atomic mass is 16.1. The Morgan fingerprint density at radius 3 is 2.68 bits per heavy atom. The number of hydrogen-bond donors (Lipinski definition) is 4. The van der Waals surface area contributed by atoms with Crippen molar-refractivity contribution >= 4 is 44.9 Å². The van der Waals surface area contributed by atoms with Gasteiger partial charge in [-0.05, 0) is 54.6 Å². The van der Waals surface area contributed by atoms with Gasteiger partial charge >= 0.3 is 0 Å². The van der Waals surface area contributed by atoms with E-state index in [-0.39, 0.29) is 5.91 Å². The van der Waals surface area contributed by atoms with Gasteiger partial charge in [-0.2, -0.15) is 15.3 Å². The molecular weight excluding hydrogens is 430 g/mol. The van der Waals surface area contributed by atoms with E-state index in [1.165, 1.54) is 12.4 Å². The van der Waals surface area contributed by atoms with Gasteiger partial charge in [-0.25, -0.2) is 9.97 Å². The lowest BCUT2D eigenvalue weighted by Gasteiger charge is -2.07. The molecule has 4 aromatic heterocycles. The minimum atomic E-state index is -0.261. The number of fused-ring (bicyclic) bond motifs is 2. The summed E-state index contributed by atoms with van der Waals surface area (Å²) in [7, 11) is 0. The Balaban J connectivity index is 1.25. The van der Waals surface area contributed by atoms with Crippen molar-refractivity contribution in [2.75, 3.05) is 10.6 Å². The molecule has 4 N–H and O–H groups in total. The van der Waals surface area contributed by atoms with Crippen LogP contribution in [0.1, 0.15) is 10.5 Å². The van der Waals surface area contributed by atoms with E-state index >= 15 is 0 Å². The lowest BCUT2D eigenvalue weighted by atomic mass is 10.1. The number of anilines is 3. The zero-order chi connectivity index (χ0) is 22.9. The molecule has 34 heavy (non-hydrogen) atoms. The molecule has 0 saturated heterocycles. The predicted octanol–water partition coefficient (Wildman–Crippen LogP) is 4.29. The van der Waals surface area contributed by atoms with Gasteiger partial charge in [0.05, 0.1) is 29.8 Å². The summed E-state index contributed by atoms with van der Waals surface area (Å²) >= 11 is 0. The Bertz CT molecular complexity index is 1640. The Hall–Kier alpha value is -5.12. The average Bonchev–Trinajstić information content (AvgIpc) is 3.51. The van der Waals surface area contributed by atoms with E-state index in [1.54, 1.807) is 24.5 Å². The van der Waals surface area contributed by atoms with Crippen molar-refractivity contribution in [1.82, 2.24) is 35.3 Å². The molecule has 2 aromatic carbocycles. The van der Waals surface area contributed by atoms with Crippen LogP contribution < -0.4 is 10.6 Å². The summed E-state index contributed by atoms with van der Waals surface area (Å²) in [5.74, 6) is 0.988. The van der Waals surface area contributed by atoms with Crippen LogP contribution in [-0.2, 0) is 0 Å². The van der Waals surface area contributed by atoms with Crippen LogP contribution in [0.15, 0.2) is 79.4 Å². The zero-order valence-corrected chi connectivity index (χ0v) is 17.6. The number of aromatic nitrogens is 7. The first-order valence-corrected chi connectivity index (χ1v) is 10.5. The molecule has 164 valence electrons. The summed E-state index contributed by atoms with van der Waals surface area (Å²) in [5, 5.41) is 22.5. The molecule has 0 aliphatic rings. The third-order valence-corrected chi connectivity index (χ3v) is 5.33. The fraction of sp³-hybridized carbons (Fsp3) is 0. The molecule has 0 aliphatic carbocycles. The van der Waals surface area contributed by atoms with Gasteiger partial charge in [-0.3, -0.25) is 9.89 Å². The van der Waals surface area contributed by atoms with Crippen LogP contribution in [0.3, 0.4) is 0 Å². The maximum atomic E-state index is 12.6. The van der Waals surface area contributed by atoms with E-state index in [9.17, 15) is 4.79 Å². The summed E-state index contributed by atoms with van der Waals surface area (Å²) in [5.41, 5.74) is 4.56. The Kier molecular flexibility index (Phi) is 4.66. The number of amides is 1. The molecule has 0 bridgehead atoms. The summed E-state index contributed by atoms with van der Waals surface area (Å²) in [6.45, 7) is 0. The van der Waals surface area contributed by atoms with E-state index in [1.807, 2.05) is 42.5 Å². The number of nitrogens with one attached hydrogen (secondary N) is 4. The Labute approximate surface area is 192 Å². The topological polar surface area (TPSA) is 137 Å². The molecule has 6 rings (SSSR count). The van der Waals surface area contributed by atoms with Crippen molar-refractivity contribution in [2.24, 2.45) is 0 Å². The summed E-state index contributed by atoms with van der Waals surface area (Å²) < 4.78 is 0. The SMILES string of the molecule is O=C(Nc1ccnnc1)c1cc2cc(-c3nccc(Nc4ccc5[nH]ncc5c4)n3)ccc2[nH]1. The van der Waals surface area contributed by atoms with Gasteiger partial charge in [-0.1, -0.05) is 0 Å². The Morgan fingerprint density at radius 2 is 1.76 bits per heavy atom. The molecule has 1 amide bonds. The highest BCUT2D eigenvalue weighted by Gasteiger charge is 2.12. The normalized spacial score (nSPS) is 11.1. The molecule has 0 spiro atoms. The van der Waals surface area contributed by atoms with E-state index in [2.05, 4.69) is 46.0 Å². The standard InChI is InChI=1S/C24H17N9O/c34-24(30-18-5-8-26-27-13-18)21-11-15-9-14(1-3-19(15)31-21)23-25-7-6-22(32-23)29-17-2-4-20-16(10-17)12-28-33-20/h1-13,31H,(H,28,33)(H,25,29,32)(H,26,30,34). The molecule has 4 heterocycles. The number of carbonyl (C=O) groups is 1. The first-order valence-electron chi connectivity index (χ1n) is 10.5. The van der Waals surface area contributed by atoms with E-state index < -0.39 is 0 Å². The number of H-pyrrole nitrogens is 2. The third-order valence-electron chi connectivity index (χ3n) is 5.33. The lowest BCUT2D eigenvalue weighted by Crippen LogP contribution is -2.12. The number of rotatable bonds is 5. The molecule has 0 fully saturated rings. The van der Waals surface area contributed by atoms with Crippen molar-refractivity contribution < 1.29 is 4.79 Å². The Morgan fingerprint density at radius 1 is 0.824 bits per heavy atom. The van der Waals surface area contributed by atoms with Gasteiger partial charge in [0.15, 0.2) is 5.82 Å². The van der Waals surface area contributed by atoms with Crippen LogP contribution in [0, 0.1) is 0 Å². The smallest absolute Gasteiger partial charge is 0.272 e. The minimum absolute atomic E-state index is 0.261. The minimum Gasteiger partial charge on any atom is -0.351 e. The van der Waals surface area contributed by atoms with Gasteiger partial charge in [-0.15, -0.1) is 0 Å². The first-order chi connectivity index (χ1) is 16.7. The fourth-order valence-electron chi connectivity index (χ4n) is 3.69. The molecule has 0 unspecified atom stereocenters. The largest absolute Gasteiger partial charge is 0.351 e. The molecule has 10 heteroatoms. The van der Waals surface area contributed by atoms with Gasteiger partial charge < -0.3 is 15.6 Å². The summed E-state index contributed by atoms with van der Waals surface area (Å²) in [6, 6.07) is 17.0. The quantitative estimate of drug-likeness (QED) is 0.309. The first kappa shape index (κ1) is 19.6. The number of benzene rings is 2. The van der Waals surface area contributed by atoms with Gasteiger partial charge in [0, 0.05) is 33.7 Å². The van der Waals surface area contributed by atoms with Crippen molar-refractivity contribution in [1.29, 1.82) is 0 Å². The van der Waals surface area contributed by atoms with E-state index in [0.29, 0.717) is 23.0 Å². The summed E-state index contributed by atoms with van der Waals surface area (Å²) in [4.78, 5) is 24.8. The maximum absolute atomic E-state index is 12.6. The highest BCUT2D eigenvalue weighted by molar-refractivity contribution is 6.06. The maximum Gasteiger partial charge on any atom is 0.272 e. The number of aromatic amines is 2. The average molecular weight is 447 g/mol. The van der Waals surface area contributed by atoms with E-state index in [4.69, 9.17) is 0 Å². The molecular formula is C24H17N9O. The van der Waals surface area contributed by atoms with E-state index in [0.717, 1.165) is 33.1 Å². The van der Waals surface area contributed by atoms with Crippen molar-refractivity contribution in [2.45, 2.75) is 0 Å². The number of hydrogen-bond acceptors (Lipinski definition) is 7. The second-order valence-corrected chi connectivity index (χ2v) is 7.63. The van der Waals surface area contributed by atoms with Gasteiger partial charge in [0.1, 0.15) is 11.5 Å². The molecule has 0 radical (unpaired) electrons. The second-order valence-electron chi connectivity index (χ2n) is 7.63. The van der Waals surface area contributed by atoms with Gasteiger partial charge in [0.2, 0.25) is 0 Å². The molecule has 0 saturated carbocycles. The monoisotopic (exact) mass is 447 g/mol. The van der Waals surface area contributed by atoms with Crippen molar-refractivity contribution in [3.8, 4) is 11.4 Å². The number of nitrogens with zero attached hydrogens (tertiary/aromatic N) is 5. The third kappa shape index (κ3) is 3.79. The molecule has 0 aliphatic heterocycles. The van der Waals surface area contributed by atoms with Crippen LogP contribution >= 0.6 is 0 Å².